The number of hydrogen-bond acceptors (Lipinski definition) is 4. The zero-order valence-electron chi connectivity index (χ0n) is 20.3. The molecule has 7 nitrogen and oxygen atoms in total. The standard InChI is InChI=1S/C27H34N2O5/c1-5-15-27(4,24(31)32)29-23(30)26(3,6-2)17-28-25(33)34-16-22-20-13-9-7-11-18(20)19-12-8-10-14-21(19)22/h7-14,22H,5-6,15-17H2,1-4H3,(H,28,33)(H,29,30)(H,31,32). The predicted molar refractivity (Wildman–Crippen MR) is 131 cm³/mol. The maximum Gasteiger partial charge on any atom is 0.407 e. The van der Waals surface area contributed by atoms with Gasteiger partial charge in [0.25, 0.3) is 0 Å². The first-order chi connectivity index (χ1) is 16.1. The summed E-state index contributed by atoms with van der Waals surface area (Å²) >= 11 is 0. The molecule has 0 heterocycles. The van der Waals surface area contributed by atoms with Gasteiger partial charge in [-0.1, -0.05) is 68.8 Å². The number of carboxylic acids is 1. The van der Waals surface area contributed by atoms with Crippen LogP contribution in [0.15, 0.2) is 48.5 Å². The van der Waals surface area contributed by atoms with E-state index in [1.54, 1.807) is 6.92 Å². The average Bonchev–Trinajstić information content (AvgIpc) is 3.15. The largest absolute Gasteiger partial charge is 0.480 e. The van der Waals surface area contributed by atoms with E-state index in [2.05, 4.69) is 34.9 Å². The van der Waals surface area contributed by atoms with E-state index in [9.17, 15) is 19.5 Å². The van der Waals surface area contributed by atoms with E-state index in [1.807, 2.05) is 38.1 Å². The van der Waals surface area contributed by atoms with Crippen molar-refractivity contribution < 1.29 is 24.2 Å². The van der Waals surface area contributed by atoms with Crippen LogP contribution < -0.4 is 10.6 Å². The summed E-state index contributed by atoms with van der Waals surface area (Å²) in [7, 11) is 0. The molecule has 0 bridgehead atoms. The fourth-order valence-electron chi connectivity index (χ4n) is 4.41. The number of benzene rings is 2. The van der Waals surface area contributed by atoms with Crippen molar-refractivity contribution in [3.63, 3.8) is 0 Å². The van der Waals surface area contributed by atoms with E-state index in [-0.39, 0.29) is 19.1 Å². The molecule has 2 amide bonds. The molecule has 0 saturated heterocycles. The average molecular weight is 467 g/mol. The van der Waals surface area contributed by atoms with Gasteiger partial charge >= 0.3 is 12.1 Å². The summed E-state index contributed by atoms with van der Waals surface area (Å²) in [5.74, 6) is -1.54. The summed E-state index contributed by atoms with van der Waals surface area (Å²) in [5.41, 5.74) is 2.21. The van der Waals surface area contributed by atoms with Gasteiger partial charge in [-0.15, -0.1) is 0 Å². The first-order valence-corrected chi connectivity index (χ1v) is 11.8. The number of nitrogens with one attached hydrogen (secondary N) is 2. The molecule has 3 N–H and O–H groups in total. The van der Waals surface area contributed by atoms with E-state index in [4.69, 9.17) is 4.74 Å². The Kier molecular flexibility index (Phi) is 7.64. The van der Waals surface area contributed by atoms with Gasteiger partial charge in [-0.2, -0.15) is 0 Å². The van der Waals surface area contributed by atoms with Crippen molar-refractivity contribution >= 4 is 18.0 Å². The van der Waals surface area contributed by atoms with Crippen LogP contribution in [0.2, 0.25) is 0 Å². The fraction of sp³-hybridized carbons (Fsp3) is 0.444. The molecule has 0 fully saturated rings. The number of aliphatic carboxylic acids is 1. The van der Waals surface area contributed by atoms with E-state index in [1.165, 1.54) is 6.92 Å². The molecule has 0 spiro atoms. The molecule has 2 aromatic rings. The highest BCUT2D eigenvalue weighted by Gasteiger charge is 2.40. The van der Waals surface area contributed by atoms with Gasteiger partial charge in [-0.3, -0.25) is 4.79 Å². The van der Waals surface area contributed by atoms with Crippen LogP contribution >= 0.6 is 0 Å². The molecule has 1 aliphatic rings. The van der Waals surface area contributed by atoms with Crippen LogP contribution in [-0.2, 0) is 14.3 Å². The lowest BCUT2D eigenvalue weighted by atomic mass is 9.84. The van der Waals surface area contributed by atoms with Crippen LogP contribution in [-0.4, -0.2) is 41.8 Å². The quantitative estimate of drug-likeness (QED) is 0.471. The van der Waals surface area contributed by atoms with Crippen LogP contribution in [0.3, 0.4) is 0 Å². The smallest absolute Gasteiger partial charge is 0.407 e. The van der Waals surface area contributed by atoms with Gasteiger partial charge in [0.05, 0.1) is 5.41 Å². The van der Waals surface area contributed by atoms with Gasteiger partial charge in [-0.25, -0.2) is 9.59 Å². The zero-order valence-corrected chi connectivity index (χ0v) is 20.3. The third-order valence-electron chi connectivity index (χ3n) is 6.91. The van der Waals surface area contributed by atoms with Gasteiger partial charge in [0.1, 0.15) is 12.1 Å². The molecule has 1 aliphatic carbocycles. The summed E-state index contributed by atoms with van der Waals surface area (Å²) < 4.78 is 5.56. The molecule has 2 atom stereocenters. The second kappa shape index (κ2) is 10.3. The number of ether oxygens (including phenoxy) is 1. The number of carbonyl (C=O) groups is 3. The minimum Gasteiger partial charge on any atom is -0.480 e. The number of alkyl carbamates (subject to hydrolysis) is 1. The molecular weight excluding hydrogens is 432 g/mol. The lowest BCUT2D eigenvalue weighted by Crippen LogP contribution is -2.57. The van der Waals surface area contributed by atoms with Crippen LogP contribution in [0, 0.1) is 5.41 Å². The van der Waals surface area contributed by atoms with Gasteiger partial charge < -0.3 is 20.5 Å². The predicted octanol–water partition coefficient (Wildman–Crippen LogP) is 4.70. The fourth-order valence-corrected chi connectivity index (χ4v) is 4.41. The molecule has 182 valence electrons. The molecule has 34 heavy (non-hydrogen) atoms. The van der Waals surface area contributed by atoms with Gasteiger partial charge in [0, 0.05) is 12.5 Å². The van der Waals surface area contributed by atoms with E-state index >= 15 is 0 Å². The van der Waals surface area contributed by atoms with Gasteiger partial charge in [0.2, 0.25) is 5.91 Å². The van der Waals surface area contributed by atoms with Crippen molar-refractivity contribution in [2.45, 2.75) is 58.4 Å². The second-order valence-electron chi connectivity index (χ2n) is 9.43. The number of rotatable bonds is 10. The Bertz CT molecular complexity index is 1020. The molecule has 2 unspecified atom stereocenters. The Morgan fingerprint density at radius 1 is 0.971 bits per heavy atom. The van der Waals surface area contributed by atoms with E-state index in [0.717, 1.165) is 22.3 Å². The highest BCUT2D eigenvalue weighted by Crippen LogP contribution is 2.44. The van der Waals surface area contributed by atoms with Crippen molar-refractivity contribution in [3.8, 4) is 11.1 Å². The Labute approximate surface area is 200 Å². The first-order valence-electron chi connectivity index (χ1n) is 11.8. The molecule has 3 rings (SSSR count). The third kappa shape index (κ3) is 5.08. The van der Waals surface area contributed by atoms with Crippen LogP contribution in [0.4, 0.5) is 4.79 Å². The third-order valence-corrected chi connectivity index (χ3v) is 6.91. The first kappa shape index (κ1) is 25.3. The van der Waals surface area contributed by atoms with E-state index < -0.39 is 28.9 Å². The molecular formula is C27H34N2O5. The zero-order chi connectivity index (χ0) is 24.9. The molecule has 0 saturated carbocycles. The van der Waals surface area contributed by atoms with Crippen molar-refractivity contribution in [2.75, 3.05) is 13.2 Å². The molecule has 2 aromatic carbocycles. The summed E-state index contributed by atoms with van der Waals surface area (Å²) in [6.07, 6.45) is 0.742. The number of carboxylic acid groups (broad SMARTS) is 1. The van der Waals surface area contributed by atoms with Crippen molar-refractivity contribution in [3.05, 3.63) is 59.7 Å². The van der Waals surface area contributed by atoms with Crippen molar-refractivity contribution in [1.82, 2.24) is 10.6 Å². The highest BCUT2D eigenvalue weighted by molar-refractivity contribution is 5.90. The molecule has 0 radical (unpaired) electrons. The van der Waals surface area contributed by atoms with Crippen LogP contribution in [0.25, 0.3) is 11.1 Å². The SMILES string of the molecule is CCCC(C)(NC(=O)C(C)(CC)CNC(=O)OCC1c2ccccc2-c2ccccc21)C(=O)O. The minimum absolute atomic E-state index is 0.0355. The Morgan fingerprint density at radius 2 is 1.53 bits per heavy atom. The van der Waals surface area contributed by atoms with Crippen molar-refractivity contribution in [2.24, 2.45) is 5.41 Å². The minimum atomic E-state index is -1.36. The van der Waals surface area contributed by atoms with Gasteiger partial charge in [0.15, 0.2) is 0 Å². The number of carbonyl (C=O) groups excluding carboxylic acids is 2. The molecule has 7 heteroatoms. The van der Waals surface area contributed by atoms with Crippen LogP contribution in [0.5, 0.6) is 0 Å². The summed E-state index contributed by atoms with van der Waals surface area (Å²) in [4.78, 5) is 37.2. The lowest BCUT2D eigenvalue weighted by molar-refractivity contribution is -0.149. The molecule has 0 aromatic heterocycles. The molecule has 0 aliphatic heterocycles. The van der Waals surface area contributed by atoms with E-state index in [0.29, 0.717) is 19.3 Å². The number of amides is 2. The van der Waals surface area contributed by atoms with Crippen molar-refractivity contribution in [1.29, 1.82) is 0 Å². The number of hydrogen-bond donors (Lipinski definition) is 3. The normalized spacial score (nSPS) is 15.9. The maximum absolute atomic E-state index is 13.0. The Morgan fingerprint density at radius 3 is 2.03 bits per heavy atom. The summed E-state index contributed by atoms with van der Waals surface area (Å²) in [5, 5.41) is 15.0. The highest BCUT2D eigenvalue weighted by atomic mass is 16.5. The Balaban J connectivity index is 1.62. The Hall–Kier alpha value is -3.35. The summed E-state index contributed by atoms with van der Waals surface area (Å²) in [6.45, 7) is 7.13. The second-order valence-corrected chi connectivity index (χ2v) is 9.43. The summed E-state index contributed by atoms with van der Waals surface area (Å²) in [6, 6.07) is 16.2. The number of fused-ring (bicyclic) bond motifs is 3. The lowest BCUT2D eigenvalue weighted by Gasteiger charge is -2.33. The monoisotopic (exact) mass is 466 g/mol. The van der Waals surface area contributed by atoms with Crippen LogP contribution in [0.1, 0.15) is 64.0 Å². The topological polar surface area (TPSA) is 105 Å². The maximum atomic E-state index is 13.0. The van der Waals surface area contributed by atoms with Gasteiger partial charge in [-0.05, 0) is 48.9 Å².